The fraction of sp³-hybridized carbons (Fsp3) is 0.533. The van der Waals surface area contributed by atoms with Crippen LogP contribution in [0.2, 0.25) is 0 Å². The predicted molar refractivity (Wildman–Crippen MR) is 75.9 cm³/mol. The molecule has 1 aliphatic heterocycles. The number of likely N-dealkylation sites (N-methyl/N-ethyl adjacent to an activating group) is 1. The summed E-state index contributed by atoms with van der Waals surface area (Å²) in [7, 11) is 2.14. The Morgan fingerprint density at radius 3 is 2.79 bits per heavy atom. The van der Waals surface area contributed by atoms with Gasteiger partial charge in [0, 0.05) is 19.3 Å². The summed E-state index contributed by atoms with van der Waals surface area (Å²) in [6, 6.07) is 2.10. The van der Waals surface area contributed by atoms with Gasteiger partial charge in [-0.25, -0.2) is 4.98 Å². The van der Waals surface area contributed by atoms with Gasteiger partial charge in [-0.05, 0) is 45.9 Å². The zero-order valence-corrected chi connectivity index (χ0v) is 12.1. The summed E-state index contributed by atoms with van der Waals surface area (Å²) in [5, 5.41) is 0. The van der Waals surface area contributed by atoms with Crippen LogP contribution in [0, 0.1) is 20.8 Å². The molecule has 19 heavy (non-hydrogen) atoms. The van der Waals surface area contributed by atoms with Gasteiger partial charge in [0.2, 0.25) is 0 Å². The van der Waals surface area contributed by atoms with E-state index >= 15 is 0 Å². The van der Waals surface area contributed by atoms with Gasteiger partial charge in [0.15, 0.2) is 5.75 Å². The van der Waals surface area contributed by atoms with Crippen LogP contribution in [0.3, 0.4) is 0 Å². The molecule has 4 nitrogen and oxygen atoms in total. The van der Waals surface area contributed by atoms with Gasteiger partial charge in [-0.1, -0.05) is 0 Å². The van der Waals surface area contributed by atoms with Gasteiger partial charge in [-0.15, -0.1) is 0 Å². The number of aryl methyl sites for hydroxylation is 3. The molecule has 102 valence electrons. The third-order valence-corrected chi connectivity index (χ3v) is 3.87. The third kappa shape index (κ3) is 2.21. The second-order valence-corrected chi connectivity index (χ2v) is 5.65. The smallest absolute Gasteiger partial charge is 0.160 e. The Balaban J connectivity index is 1.98. The van der Waals surface area contributed by atoms with Crippen molar-refractivity contribution in [1.29, 1.82) is 0 Å². The van der Waals surface area contributed by atoms with Crippen molar-refractivity contribution in [2.24, 2.45) is 0 Å². The number of rotatable bonds is 2. The van der Waals surface area contributed by atoms with E-state index in [9.17, 15) is 0 Å². The number of hydrogen-bond acceptors (Lipinski definition) is 3. The van der Waals surface area contributed by atoms with Crippen LogP contribution in [0.4, 0.5) is 0 Å². The second kappa shape index (κ2) is 4.53. The van der Waals surface area contributed by atoms with E-state index in [1.165, 1.54) is 5.56 Å². The fourth-order valence-electron chi connectivity index (χ4n) is 2.86. The van der Waals surface area contributed by atoms with Crippen LogP contribution < -0.4 is 4.74 Å². The van der Waals surface area contributed by atoms with Crippen molar-refractivity contribution in [2.75, 3.05) is 20.1 Å². The van der Waals surface area contributed by atoms with E-state index in [0.29, 0.717) is 6.10 Å². The lowest BCUT2D eigenvalue weighted by molar-refractivity contribution is 0.203. The van der Waals surface area contributed by atoms with Gasteiger partial charge >= 0.3 is 0 Å². The summed E-state index contributed by atoms with van der Waals surface area (Å²) in [6.07, 6.45) is 3.50. The van der Waals surface area contributed by atoms with E-state index in [0.717, 1.165) is 42.3 Å². The maximum Gasteiger partial charge on any atom is 0.160 e. The molecular formula is C15H21N3O. The molecule has 4 heteroatoms. The maximum atomic E-state index is 6.20. The summed E-state index contributed by atoms with van der Waals surface area (Å²) >= 11 is 0. The number of fused-ring (bicyclic) bond motifs is 1. The Hall–Kier alpha value is -1.55. The summed E-state index contributed by atoms with van der Waals surface area (Å²) in [5.41, 5.74) is 4.36. The SMILES string of the molecule is Cc1cc2nc(C)c(OC3CCN(C)C3)c(C)n2c1. The summed E-state index contributed by atoms with van der Waals surface area (Å²) < 4.78 is 8.32. The van der Waals surface area contributed by atoms with Crippen LogP contribution in [0.1, 0.15) is 23.4 Å². The van der Waals surface area contributed by atoms with E-state index in [2.05, 4.69) is 47.4 Å². The first-order valence-electron chi connectivity index (χ1n) is 6.85. The van der Waals surface area contributed by atoms with Gasteiger partial charge in [-0.2, -0.15) is 0 Å². The molecule has 3 heterocycles. The van der Waals surface area contributed by atoms with Crippen LogP contribution in [0.5, 0.6) is 5.75 Å². The number of ether oxygens (including phenoxy) is 1. The molecule has 0 bridgehead atoms. The van der Waals surface area contributed by atoms with Crippen LogP contribution in [0.15, 0.2) is 12.3 Å². The normalized spacial score (nSPS) is 20.3. The van der Waals surface area contributed by atoms with Crippen molar-refractivity contribution in [2.45, 2.75) is 33.3 Å². The Morgan fingerprint density at radius 1 is 1.32 bits per heavy atom. The number of aromatic nitrogens is 2. The monoisotopic (exact) mass is 259 g/mol. The zero-order valence-electron chi connectivity index (χ0n) is 12.1. The quantitative estimate of drug-likeness (QED) is 0.829. The van der Waals surface area contributed by atoms with Crippen LogP contribution in [-0.2, 0) is 0 Å². The molecule has 2 aromatic heterocycles. The molecule has 0 N–H and O–H groups in total. The average molecular weight is 259 g/mol. The van der Waals surface area contributed by atoms with E-state index in [-0.39, 0.29) is 0 Å². The first-order valence-corrected chi connectivity index (χ1v) is 6.85. The first kappa shape index (κ1) is 12.5. The van der Waals surface area contributed by atoms with E-state index in [1.54, 1.807) is 0 Å². The minimum Gasteiger partial charge on any atom is -0.485 e. The van der Waals surface area contributed by atoms with Crippen molar-refractivity contribution in [3.63, 3.8) is 0 Å². The molecule has 1 aliphatic rings. The molecule has 1 unspecified atom stereocenters. The van der Waals surface area contributed by atoms with Crippen molar-refractivity contribution < 1.29 is 4.74 Å². The van der Waals surface area contributed by atoms with Gasteiger partial charge in [0.25, 0.3) is 0 Å². The highest BCUT2D eigenvalue weighted by molar-refractivity contribution is 5.49. The summed E-state index contributed by atoms with van der Waals surface area (Å²) in [5.74, 6) is 0.948. The van der Waals surface area contributed by atoms with Crippen molar-refractivity contribution in [3.05, 3.63) is 29.2 Å². The largest absolute Gasteiger partial charge is 0.485 e. The van der Waals surface area contributed by atoms with Crippen LogP contribution in [-0.4, -0.2) is 40.5 Å². The molecule has 2 aromatic rings. The lowest BCUT2D eigenvalue weighted by Crippen LogP contribution is -2.22. The molecule has 0 radical (unpaired) electrons. The molecule has 0 aromatic carbocycles. The predicted octanol–water partition coefficient (Wildman–Crippen LogP) is 2.34. The first-order chi connectivity index (χ1) is 9.04. The minimum absolute atomic E-state index is 0.290. The Kier molecular flexibility index (Phi) is 2.97. The lowest BCUT2D eigenvalue weighted by atomic mass is 10.2. The summed E-state index contributed by atoms with van der Waals surface area (Å²) in [6.45, 7) is 8.34. The molecular weight excluding hydrogens is 238 g/mol. The van der Waals surface area contributed by atoms with Gasteiger partial charge < -0.3 is 14.0 Å². The number of hydrogen-bond donors (Lipinski definition) is 0. The van der Waals surface area contributed by atoms with Gasteiger partial charge in [0.05, 0.1) is 11.4 Å². The van der Waals surface area contributed by atoms with Crippen molar-refractivity contribution in [3.8, 4) is 5.75 Å². The highest BCUT2D eigenvalue weighted by Gasteiger charge is 2.23. The van der Waals surface area contributed by atoms with Crippen molar-refractivity contribution in [1.82, 2.24) is 14.3 Å². The van der Waals surface area contributed by atoms with Gasteiger partial charge in [-0.3, -0.25) is 0 Å². The van der Waals surface area contributed by atoms with E-state index in [1.807, 2.05) is 6.92 Å². The molecule has 1 fully saturated rings. The molecule has 1 saturated heterocycles. The maximum absolute atomic E-state index is 6.20. The number of likely N-dealkylation sites (tertiary alicyclic amines) is 1. The van der Waals surface area contributed by atoms with E-state index in [4.69, 9.17) is 4.74 Å². The Labute approximate surface area is 114 Å². The zero-order chi connectivity index (χ0) is 13.6. The molecule has 0 aliphatic carbocycles. The molecule has 1 atom stereocenters. The Bertz CT molecular complexity index is 617. The topological polar surface area (TPSA) is 29.8 Å². The third-order valence-electron chi connectivity index (χ3n) is 3.87. The number of nitrogens with zero attached hydrogens (tertiary/aromatic N) is 3. The minimum atomic E-state index is 0.290. The van der Waals surface area contributed by atoms with Crippen LogP contribution in [0.25, 0.3) is 5.65 Å². The molecule has 0 amide bonds. The van der Waals surface area contributed by atoms with Crippen molar-refractivity contribution >= 4 is 5.65 Å². The highest BCUT2D eigenvalue weighted by Crippen LogP contribution is 2.26. The summed E-state index contributed by atoms with van der Waals surface area (Å²) in [4.78, 5) is 6.95. The second-order valence-electron chi connectivity index (χ2n) is 5.65. The molecule has 3 rings (SSSR count). The van der Waals surface area contributed by atoms with Gasteiger partial charge in [0.1, 0.15) is 11.8 Å². The molecule has 0 saturated carbocycles. The Morgan fingerprint density at radius 2 is 2.11 bits per heavy atom. The van der Waals surface area contributed by atoms with E-state index < -0.39 is 0 Å². The standard InChI is InChI=1S/C15H21N3O/c1-10-7-14-16-11(2)15(12(3)18(14)8-10)19-13-5-6-17(4)9-13/h7-8,13H,5-6,9H2,1-4H3. The fourth-order valence-corrected chi connectivity index (χ4v) is 2.86. The highest BCUT2D eigenvalue weighted by atomic mass is 16.5. The average Bonchev–Trinajstić information content (AvgIpc) is 2.90. The van der Waals surface area contributed by atoms with Crippen LogP contribution >= 0.6 is 0 Å². The lowest BCUT2D eigenvalue weighted by Gasteiger charge is -2.18. The molecule has 0 spiro atoms.